The van der Waals surface area contributed by atoms with E-state index in [2.05, 4.69) is 9.59 Å². The number of hydrogen-bond acceptors (Lipinski definition) is 4. The lowest BCUT2D eigenvalue weighted by atomic mass is 11.0. The Hall–Kier alpha value is -0.640. The molecule has 3 nitrogen and oxygen atoms in total. The first-order valence-electron chi connectivity index (χ1n) is 1.36. The predicted octanol–water partition coefficient (Wildman–Crippen LogP) is 0.244. The second-order valence-corrected chi connectivity index (χ2v) is 1.52. The Morgan fingerprint density at radius 2 is 2.67 bits per heavy atom. The maximum atomic E-state index is 8.37. The van der Waals surface area contributed by atoms with Crippen molar-refractivity contribution in [2.75, 3.05) is 0 Å². The molecule has 1 N–H and O–H groups in total. The highest BCUT2D eigenvalue weighted by Crippen LogP contribution is 2.07. The summed E-state index contributed by atoms with van der Waals surface area (Å²) >= 11 is 0.972. The lowest BCUT2D eigenvalue weighted by Crippen LogP contribution is -1.51. The van der Waals surface area contributed by atoms with Crippen LogP contribution < -0.4 is 0 Å². The van der Waals surface area contributed by atoms with Gasteiger partial charge in [-0.15, -0.1) is 5.10 Å². The molecule has 0 radical (unpaired) electrons. The van der Waals surface area contributed by atoms with Gasteiger partial charge in [0.25, 0.3) is 0 Å². The molecule has 1 aromatic heterocycles. The van der Waals surface area contributed by atoms with Crippen molar-refractivity contribution in [3.8, 4) is 5.06 Å². The second-order valence-electron chi connectivity index (χ2n) is 0.756. The lowest BCUT2D eigenvalue weighted by molar-refractivity contribution is 0.489. The molecule has 0 aliphatic heterocycles. The van der Waals surface area contributed by atoms with E-state index in [-0.39, 0.29) is 5.06 Å². The molecule has 0 spiro atoms. The fourth-order valence-electron chi connectivity index (χ4n) is 0.162. The maximum Gasteiger partial charge on any atom is 0.211 e. The summed E-state index contributed by atoms with van der Waals surface area (Å²) in [5.74, 6) is 0. The molecule has 1 aromatic rings. The lowest BCUT2D eigenvalue weighted by Gasteiger charge is -1.62. The molecule has 0 aliphatic rings. The summed E-state index contributed by atoms with van der Waals surface area (Å²) in [5.41, 5.74) is 0. The van der Waals surface area contributed by atoms with Crippen LogP contribution in [-0.4, -0.2) is 14.7 Å². The van der Waals surface area contributed by atoms with Crippen LogP contribution in [0.4, 0.5) is 0 Å². The smallest absolute Gasteiger partial charge is 0.211 e. The standard InChI is InChI=1S/C2H2N2OS/c5-2-1-3-4-6-2/h1,5H. The van der Waals surface area contributed by atoms with Gasteiger partial charge in [0.1, 0.15) is 6.20 Å². The Morgan fingerprint density at radius 3 is 2.83 bits per heavy atom. The Balaban J connectivity index is 3.05. The Bertz CT molecular complexity index is 115. The molecule has 0 aliphatic carbocycles. The average Bonchev–Trinajstić information content (AvgIpc) is 1.86. The van der Waals surface area contributed by atoms with E-state index in [0.717, 1.165) is 11.5 Å². The molecule has 0 amide bonds. The number of aromatic nitrogens is 2. The fraction of sp³-hybridized carbons (Fsp3) is 0. The van der Waals surface area contributed by atoms with Crippen LogP contribution in [0.3, 0.4) is 0 Å². The van der Waals surface area contributed by atoms with Gasteiger partial charge < -0.3 is 5.11 Å². The van der Waals surface area contributed by atoms with Gasteiger partial charge in [-0.3, -0.25) is 0 Å². The van der Waals surface area contributed by atoms with Crippen molar-refractivity contribution in [3.05, 3.63) is 6.20 Å². The second kappa shape index (κ2) is 1.22. The first kappa shape index (κ1) is 3.55. The van der Waals surface area contributed by atoms with Gasteiger partial charge in [-0.1, -0.05) is 4.49 Å². The van der Waals surface area contributed by atoms with E-state index >= 15 is 0 Å². The highest BCUT2D eigenvalue weighted by atomic mass is 32.1. The van der Waals surface area contributed by atoms with Gasteiger partial charge in [0.15, 0.2) is 0 Å². The van der Waals surface area contributed by atoms with Crippen molar-refractivity contribution in [2.45, 2.75) is 0 Å². The van der Waals surface area contributed by atoms with Crippen molar-refractivity contribution in [3.63, 3.8) is 0 Å². The van der Waals surface area contributed by atoms with Gasteiger partial charge in [-0.25, -0.2) is 0 Å². The molecule has 4 heteroatoms. The molecule has 0 bridgehead atoms. The third-order valence-corrected chi connectivity index (χ3v) is 0.818. The Kier molecular flexibility index (Phi) is 0.719. The minimum atomic E-state index is 0.162. The largest absolute Gasteiger partial charge is 0.497 e. The maximum absolute atomic E-state index is 8.37. The van der Waals surface area contributed by atoms with Crippen molar-refractivity contribution < 1.29 is 5.11 Å². The summed E-state index contributed by atoms with van der Waals surface area (Å²) in [6.07, 6.45) is 1.30. The SMILES string of the molecule is Oc1cnns1. The van der Waals surface area contributed by atoms with Crippen LogP contribution in [0.5, 0.6) is 5.06 Å². The summed E-state index contributed by atoms with van der Waals surface area (Å²) in [7, 11) is 0. The van der Waals surface area contributed by atoms with E-state index in [9.17, 15) is 0 Å². The first-order chi connectivity index (χ1) is 2.89. The molecule has 6 heavy (non-hydrogen) atoms. The molecule has 0 fully saturated rings. The van der Waals surface area contributed by atoms with Gasteiger partial charge in [0.05, 0.1) is 0 Å². The van der Waals surface area contributed by atoms with Gasteiger partial charge in [-0.05, 0) is 0 Å². The Morgan fingerprint density at radius 1 is 1.83 bits per heavy atom. The highest BCUT2D eigenvalue weighted by Gasteiger charge is 1.81. The number of hydrogen-bond donors (Lipinski definition) is 1. The van der Waals surface area contributed by atoms with Crippen LogP contribution in [0, 0.1) is 0 Å². The quantitative estimate of drug-likeness (QED) is 0.510. The molecule has 0 unspecified atom stereocenters. The zero-order chi connectivity index (χ0) is 4.41. The topological polar surface area (TPSA) is 46.0 Å². The molecule has 32 valence electrons. The predicted molar refractivity (Wildman–Crippen MR) is 21.6 cm³/mol. The molecule has 0 saturated heterocycles. The molecular weight excluding hydrogens is 100 g/mol. The molecule has 0 atom stereocenters. The minimum Gasteiger partial charge on any atom is -0.497 e. The minimum absolute atomic E-state index is 0.162. The summed E-state index contributed by atoms with van der Waals surface area (Å²) in [4.78, 5) is 0. The molecule has 0 aromatic carbocycles. The summed E-state index contributed by atoms with van der Waals surface area (Å²) in [6.45, 7) is 0. The summed E-state index contributed by atoms with van der Waals surface area (Å²) in [5, 5.41) is 11.9. The third-order valence-electron chi connectivity index (χ3n) is 0.350. The van der Waals surface area contributed by atoms with Crippen LogP contribution in [0.1, 0.15) is 0 Å². The molecule has 1 rings (SSSR count). The van der Waals surface area contributed by atoms with Crippen LogP contribution in [0.25, 0.3) is 0 Å². The van der Waals surface area contributed by atoms with E-state index < -0.39 is 0 Å². The zero-order valence-electron chi connectivity index (χ0n) is 2.83. The first-order valence-corrected chi connectivity index (χ1v) is 2.13. The number of nitrogens with zero attached hydrogens (tertiary/aromatic N) is 2. The van der Waals surface area contributed by atoms with E-state index in [4.69, 9.17) is 5.11 Å². The van der Waals surface area contributed by atoms with Crippen molar-refractivity contribution >= 4 is 11.5 Å². The van der Waals surface area contributed by atoms with E-state index in [0.29, 0.717) is 0 Å². The number of aromatic hydroxyl groups is 1. The third kappa shape index (κ3) is 0.463. The Labute approximate surface area is 38.4 Å². The highest BCUT2D eigenvalue weighted by molar-refractivity contribution is 7.07. The number of rotatable bonds is 0. The van der Waals surface area contributed by atoms with Crippen LogP contribution in [0.15, 0.2) is 6.20 Å². The van der Waals surface area contributed by atoms with Gasteiger partial charge in [0.2, 0.25) is 5.06 Å². The van der Waals surface area contributed by atoms with E-state index in [1.165, 1.54) is 6.20 Å². The zero-order valence-corrected chi connectivity index (χ0v) is 3.64. The van der Waals surface area contributed by atoms with Crippen LogP contribution >= 0.6 is 11.5 Å². The molecule has 0 saturated carbocycles. The van der Waals surface area contributed by atoms with Gasteiger partial charge >= 0.3 is 0 Å². The van der Waals surface area contributed by atoms with Crippen LogP contribution in [0.2, 0.25) is 0 Å². The molecular formula is C2H2N2OS. The van der Waals surface area contributed by atoms with Crippen molar-refractivity contribution in [1.82, 2.24) is 9.59 Å². The monoisotopic (exact) mass is 102 g/mol. The van der Waals surface area contributed by atoms with E-state index in [1.54, 1.807) is 0 Å². The van der Waals surface area contributed by atoms with Gasteiger partial charge in [-0.2, -0.15) is 0 Å². The van der Waals surface area contributed by atoms with Crippen molar-refractivity contribution in [2.24, 2.45) is 0 Å². The fourth-order valence-corrected chi connectivity index (χ4v) is 0.434. The summed E-state index contributed by atoms with van der Waals surface area (Å²) in [6, 6.07) is 0. The van der Waals surface area contributed by atoms with Gasteiger partial charge in [0, 0.05) is 11.5 Å². The van der Waals surface area contributed by atoms with Crippen molar-refractivity contribution in [1.29, 1.82) is 0 Å². The van der Waals surface area contributed by atoms with E-state index in [1.807, 2.05) is 0 Å². The average molecular weight is 102 g/mol. The normalized spacial score (nSPS) is 8.67. The van der Waals surface area contributed by atoms with Crippen LogP contribution in [-0.2, 0) is 0 Å². The summed E-state index contributed by atoms with van der Waals surface area (Å²) < 4.78 is 3.36. The molecule has 1 heterocycles.